The third-order valence-electron chi connectivity index (χ3n) is 4.43. The zero-order valence-electron chi connectivity index (χ0n) is 12.2. The van der Waals surface area contributed by atoms with Crippen molar-refractivity contribution in [2.45, 2.75) is 38.1 Å². The smallest absolute Gasteiger partial charge is 0.183 e. The van der Waals surface area contributed by atoms with Crippen molar-refractivity contribution in [3.05, 3.63) is 33.8 Å². The van der Waals surface area contributed by atoms with Crippen LogP contribution in [0.5, 0.6) is 0 Å². The number of carbonyl (C=O) groups is 1. The lowest BCUT2D eigenvalue weighted by Gasteiger charge is -2.43. The van der Waals surface area contributed by atoms with E-state index in [0.717, 1.165) is 19.3 Å². The molecule has 2 rings (SSSR count). The van der Waals surface area contributed by atoms with Gasteiger partial charge in [0, 0.05) is 5.56 Å². The highest BCUT2D eigenvalue weighted by Crippen LogP contribution is 2.38. The summed E-state index contributed by atoms with van der Waals surface area (Å²) < 4.78 is 0. The quantitative estimate of drug-likeness (QED) is 0.755. The van der Waals surface area contributed by atoms with E-state index in [4.69, 9.17) is 23.2 Å². The topological polar surface area (TPSA) is 20.3 Å². The Kier molecular flexibility index (Phi) is 4.78. The van der Waals surface area contributed by atoms with Crippen molar-refractivity contribution in [3.63, 3.8) is 0 Å². The van der Waals surface area contributed by atoms with Crippen molar-refractivity contribution in [2.75, 3.05) is 14.1 Å². The van der Waals surface area contributed by atoms with E-state index >= 15 is 0 Å². The molecular weight excluding hydrogens is 293 g/mol. The van der Waals surface area contributed by atoms with Crippen molar-refractivity contribution >= 4 is 29.0 Å². The number of ketones is 1. The molecule has 4 heteroatoms. The first-order valence-corrected chi connectivity index (χ1v) is 7.80. The zero-order valence-corrected chi connectivity index (χ0v) is 13.8. The fraction of sp³-hybridized carbons (Fsp3) is 0.562. The molecule has 110 valence electrons. The number of benzene rings is 1. The molecule has 20 heavy (non-hydrogen) atoms. The van der Waals surface area contributed by atoms with Crippen LogP contribution in [0.1, 0.15) is 43.0 Å². The predicted molar refractivity (Wildman–Crippen MR) is 84.8 cm³/mol. The van der Waals surface area contributed by atoms with Crippen LogP contribution in [-0.2, 0) is 0 Å². The molecule has 0 amide bonds. The number of nitrogens with zero attached hydrogens (tertiary/aromatic N) is 1. The van der Waals surface area contributed by atoms with E-state index in [1.807, 2.05) is 14.1 Å². The Labute approximate surface area is 131 Å². The van der Waals surface area contributed by atoms with Crippen LogP contribution in [-0.4, -0.2) is 30.3 Å². The van der Waals surface area contributed by atoms with Crippen LogP contribution in [0.15, 0.2) is 18.2 Å². The van der Waals surface area contributed by atoms with Crippen molar-refractivity contribution in [2.24, 2.45) is 5.92 Å². The van der Waals surface area contributed by atoms with E-state index in [9.17, 15) is 4.79 Å². The normalized spacial score (nSPS) is 26.8. The van der Waals surface area contributed by atoms with E-state index in [2.05, 4.69) is 11.8 Å². The molecule has 0 heterocycles. The maximum atomic E-state index is 13.0. The molecule has 0 radical (unpaired) electrons. The molecule has 2 nitrogen and oxygen atoms in total. The van der Waals surface area contributed by atoms with Crippen LogP contribution in [0.4, 0.5) is 0 Å². The minimum atomic E-state index is -0.408. The molecule has 2 unspecified atom stereocenters. The second-order valence-corrected chi connectivity index (χ2v) is 6.90. The summed E-state index contributed by atoms with van der Waals surface area (Å²) in [5.74, 6) is 0.727. The Bertz CT molecular complexity index is 515. The molecule has 0 bridgehead atoms. The highest BCUT2D eigenvalue weighted by Gasteiger charge is 2.43. The highest BCUT2D eigenvalue weighted by atomic mass is 35.5. The van der Waals surface area contributed by atoms with Crippen LogP contribution in [0, 0.1) is 5.92 Å². The molecule has 1 fully saturated rings. The molecule has 0 aromatic heterocycles. The monoisotopic (exact) mass is 313 g/mol. The van der Waals surface area contributed by atoms with Gasteiger partial charge in [0.05, 0.1) is 15.6 Å². The maximum absolute atomic E-state index is 13.0. The van der Waals surface area contributed by atoms with Crippen molar-refractivity contribution < 1.29 is 4.79 Å². The number of rotatable bonds is 3. The predicted octanol–water partition coefficient (Wildman–Crippen LogP) is 4.69. The van der Waals surface area contributed by atoms with Crippen molar-refractivity contribution in [1.82, 2.24) is 4.90 Å². The number of hydrogen-bond donors (Lipinski definition) is 0. The van der Waals surface area contributed by atoms with Gasteiger partial charge in [0.1, 0.15) is 0 Å². The number of hydrogen-bond acceptors (Lipinski definition) is 2. The van der Waals surface area contributed by atoms with Crippen LogP contribution in [0.25, 0.3) is 0 Å². The van der Waals surface area contributed by atoms with Gasteiger partial charge >= 0.3 is 0 Å². The standard InChI is InChI=1S/C16H21Cl2NO/c1-11-5-4-8-16(10-11,19(2)3)15(20)12-6-7-13(17)14(18)9-12/h6-7,9,11H,4-5,8,10H2,1-3H3. The van der Waals surface area contributed by atoms with E-state index in [-0.39, 0.29) is 5.78 Å². The second-order valence-electron chi connectivity index (χ2n) is 6.09. The number of carbonyl (C=O) groups excluding carboxylic acids is 1. The summed E-state index contributed by atoms with van der Waals surface area (Å²) in [6.07, 6.45) is 4.10. The molecule has 0 spiro atoms. The first-order valence-electron chi connectivity index (χ1n) is 7.04. The van der Waals surface area contributed by atoms with Gasteiger partial charge in [-0.25, -0.2) is 0 Å². The SMILES string of the molecule is CC1CCCC(C(=O)c2ccc(Cl)c(Cl)c2)(N(C)C)C1. The van der Waals surface area contributed by atoms with Crippen LogP contribution < -0.4 is 0 Å². The molecule has 1 aromatic rings. The molecule has 1 aromatic carbocycles. The lowest BCUT2D eigenvalue weighted by atomic mass is 9.71. The summed E-state index contributed by atoms with van der Waals surface area (Å²) in [6.45, 7) is 2.22. The Balaban J connectivity index is 2.38. The van der Waals surface area contributed by atoms with Gasteiger partial charge in [-0.3, -0.25) is 9.69 Å². The van der Waals surface area contributed by atoms with Crippen molar-refractivity contribution in [3.8, 4) is 0 Å². The minimum absolute atomic E-state index is 0.160. The third-order valence-corrected chi connectivity index (χ3v) is 5.17. The van der Waals surface area contributed by atoms with Gasteiger partial charge in [0.15, 0.2) is 5.78 Å². The number of Topliss-reactive ketones (excluding diaryl/α,β-unsaturated/α-hetero) is 1. The summed E-state index contributed by atoms with van der Waals surface area (Å²) in [5.41, 5.74) is 0.247. The summed E-state index contributed by atoms with van der Waals surface area (Å²) in [6, 6.07) is 5.17. The van der Waals surface area contributed by atoms with Gasteiger partial charge in [-0.2, -0.15) is 0 Å². The van der Waals surface area contributed by atoms with E-state index in [0.29, 0.717) is 21.5 Å². The third kappa shape index (κ3) is 2.88. The molecule has 1 saturated carbocycles. The van der Waals surface area contributed by atoms with Gasteiger partial charge in [-0.05, 0) is 51.1 Å². The van der Waals surface area contributed by atoms with Crippen LogP contribution in [0.2, 0.25) is 10.0 Å². The molecule has 0 N–H and O–H groups in total. The second kappa shape index (κ2) is 6.05. The minimum Gasteiger partial charge on any atom is -0.297 e. The molecule has 2 atom stereocenters. The van der Waals surface area contributed by atoms with Gasteiger partial charge in [-0.1, -0.05) is 43.0 Å². The van der Waals surface area contributed by atoms with Gasteiger partial charge in [0.2, 0.25) is 0 Å². The Morgan fingerprint density at radius 3 is 2.55 bits per heavy atom. The lowest BCUT2D eigenvalue weighted by molar-refractivity contribution is 0.0486. The van der Waals surface area contributed by atoms with Crippen molar-refractivity contribution in [1.29, 1.82) is 0 Å². The molecule has 0 saturated heterocycles. The van der Waals surface area contributed by atoms with E-state index in [1.54, 1.807) is 18.2 Å². The number of halogens is 2. The summed E-state index contributed by atoms with van der Waals surface area (Å²) in [4.78, 5) is 15.1. The Morgan fingerprint density at radius 1 is 1.30 bits per heavy atom. The van der Waals surface area contributed by atoms with E-state index < -0.39 is 5.54 Å². The van der Waals surface area contributed by atoms with Crippen LogP contribution >= 0.6 is 23.2 Å². The zero-order chi connectivity index (χ0) is 14.9. The molecule has 1 aliphatic carbocycles. The average molecular weight is 314 g/mol. The Hall–Kier alpha value is -0.570. The largest absolute Gasteiger partial charge is 0.297 e. The van der Waals surface area contributed by atoms with Gasteiger partial charge in [-0.15, -0.1) is 0 Å². The van der Waals surface area contributed by atoms with Gasteiger partial charge in [0.25, 0.3) is 0 Å². The summed E-state index contributed by atoms with van der Waals surface area (Å²) in [7, 11) is 3.99. The van der Waals surface area contributed by atoms with Gasteiger partial charge < -0.3 is 0 Å². The summed E-state index contributed by atoms with van der Waals surface area (Å²) >= 11 is 12.0. The Morgan fingerprint density at radius 2 is 2.00 bits per heavy atom. The lowest BCUT2D eigenvalue weighted by Crippen LogP contribution is -2.53. The highest BCUT2D eigenvalue weighted by molar-refractivity contribution is 6.42. The fourth-order valence-electron chi connectivity index (χ4n) is 3.25. The van der Waals surface area contributed by atoms with Crippen LogP contribution in [0.3, 0.4) is 0 Å². The average Bonchev–Trinajstić information content (AvgIpc) is 2.40. The first-order chi connectivity index (χ1) is 9.36. The maximum Gasteiger partial charge on any atom is 0.183 e. The molecular formula is C16H21Cl2NO. The fourth-order valence-corrected chi connectivity index (χ4v) is 3.54. The number of likely N-dealkylation sites (N-methyl/N-ethyl adjacent to an activating group) is 1. The van der Waals surface area contributed by atoms with E-state index in [1.165, 1.54) is 6.42 Å². The molecule has 0 aliphatic heterocycles. The first kappa shape index (κ1) is 15.8. The summed E-state index contributed by atoms with van der Waals surface area (Å²) in [5, 5.41) is 0.925. The molecule has 1 aliphatic rings.